The number of aliphatic carboxylic acids is 2. The van der Waals surface area contributed by atoms with Crippen LogP contribution in [-0.4, -0.2) is 38.6 Å². The first-order valence-corrected chi connectivity index (χ1v) is 14.0. The summed E-state index contributed by atoms with van der Waals surface area (Å²) in [5.74, 6) is -1.31. The van der Waals surface area contributed by atoms with Gasteiger partial charge >= 0.3 is 46.7 Å². The Morgan fingerprint density at radius 1 is 0.375 bits per heavy atom. The van der Waals surface area contributed by atoms with Gasteiger partial charge in [-0.2, -0.15) is 0 Å². The summed E-state index contributed by atoms with van der Waals surface area (Å²) in [4.78, 5) is 20.5. The summed E-state index contributed by atoms with van der Waals surface area (Å²) in [6.07, 6.45) is 28.7. The normalized spacial score (nSPS) is 8.45. The predicted octanol–water partition coefficient (Wildman–Crippen LogP) is 0.0208. The molecule has 40 heavy (non-hydrogen) atoms. The van der Waals surface area contributed by atoms with Gasteiger partial charge in [-0.25, -0.2) is 0 Å². The Bertz CT molecular complexity index is 380. The molecule has 0 saturated carbocycles. The molecule has 246 valence electrons. The third-order valence-corrected chi connectivity index (χ3v) is 5.99. The smallest absolute Gasteiger partial charge is 1.00 e. The van der Waals surface area contributed by atoms with Crippen molar-refractivity contribution in [1.29, 1.82) is 0 Å². The number of unbranched alkanes of at least 4 members (excludes halogenated alkanes) is 20. The fourth-order valence-electron chi connectivity index (χ4n) is 3.88. The average Bonchev–Trinajstić information content (AvgIpc) is 2.76. The van der Waals surface area contributed by atoms with Crippen molar-refractivity contribution in [3.63, 3.8) is 0 Å². The molecule has 0 heterocycles. The van der Waals surface area contributed by atoms with E-state index in [0.717, 1.165) is 25.7 Å². The molecule has 0 aromatic carbocycles. The molecular formula is C28H59Cl3Cr2O7. The molecule has 0 aliphatic heterocycles. The number of halogens is 3. The van der Waals surface area contributed by atoms with Crippen molar-refractivity contribution in [1.82, 2.24) is 0 Å². The van der Waals surface area contributed by atoms with E-state index >= 15 is 0 Å². The van der Waals surface area contributed by atoms with Gasteiger partial charge in [-0.1, -0.05) is 142 Å². The van der Waals surface area contributed by atoms with Crippen molar-refractivity contribution in [2.24, 2.45) is 0 Å². The minimum Gasteiger partial charge on any atom is -1.00 e. The van der Waals surface area contributed by atoms with E-state index in [1.807, 2.05) is 0 Å². The summed E-state index contributed by atoms with van der Waals surface area (Å²) in [5.41, 5.74) is 0. The first-order chi connectivity index (χ1) is 15.5. The van der Waals surface area contributed by atoms with Crippen LogP contribution in [0.25, 0.3) is 0 Å². The molecule has 0 aromatic rings. The van der Waals surface area contributed by atoms with Gasteiger partial charge in [0.1, 0.15) is 0 Å². The van der Waals surface area contributed by atoms with Gasteiger partial charge in [0.15, 0.2) is 0 Å². The van der Waals surface area contributed by atoms with Crippen LogP contribution in [0.5, 0.6) is 0 Å². The third kappa shape index (κ3) is 77.2. The van der Waals surface area contributed by atoms with Crippen LogP contribution < -0.4 is 37.2 Å². The Kier molecular flexibility index (Phi) is 107. The number of hydrogen-bond donors (Lipinski definition) is 2. The summed E-state index contributed by atoms with van der Waals surface area (Å²) in [6.45, 7) is 4.49. The van der Waals surface area contributed by atoms with E-state index in [2.05, 4.69) is 13.8 Å². The largest absolute Gasteiger partial charge is 3.00 e. The topological polar surface area (TPSA) is 165 Å². The van der Waals surface area contributed by atoms with Crippen molar-refractivity contribution in [3.05, 3.63) is 0 Å². The van der Waals surface area contributed by atoms with Gasteiger partial charge in [0.05, 0.1) is 0 Å². The molecule has 0 rings (SSSR count). The van der Waals surface area contributed by atoms with Gasteiger partial charge in [0, 0.05) is 12.8 Å². The molecule has 0 amide bonds. The van der Waals surface area contributed by atoms with Crippen molar-refractivity contribution in [2.75, 3.05) is 0 Å². The zero-order valence-corrected chi connectivity index (χ0v) is 29.8. The second-order valence-corrected chi connectivity index (χ2v) is 9.36. The van der Waals surface area contributed by atoms with E-state index < -0.39 is 11.9 Å². The second-order valence-electron chi connectivity index (χ2n) is 9.36. The predicted molar refractivity (Wildman–Crippen MR) is 143 cm³/mol. The molecule has 0 aliphatic carbocycles. The van der Waals surface area contributed by atoms with E-state index in [-0.39, 0.29) is 88.4 Å². The first kappa shape index (κ1) is 68.1. The third-order valence-electron chi connectivity index (χ3n) is 5.99. The zero-order valence-electron chi connectivity index (χ0n) is 25.0. The Morgan fingerprint density at radius 3 is 0.675 bits per heavy atom. The summed E-state index contributed by atoms with van der Waals surface area (Å²) in [5, 5.41) is 16.9. The molecule has 0 aromatic heterocycles. The molecule has 0 spiro atoms. The Hall–Kier alpha value is 0.755. The Labute approximate surface area is 286 Å². The van der Waals surface area contributed by atoms with Gasteiger partial charge in [0.2, 0.25) is 0 Å². The molecule has 0 bridgehead atoms. The second kappa shape index (κ2) is 63.1. The first-order valence-electron chi connectivity index (χ1n) is 14.0. The monoisotopic (exact) mass is 716 g/mol. The minimum atomic E-state index is -0.657. The van der Waals surface area contributed by atoms with Crippen LogP contribution in [0.15, 0.2) is 0 Å². The van der Waals surface area contributed by atoms with Crippen LogP contribution in [0.2, 0.25) is 0 Å². The van der Waals surface area contributed by atoms with E-state index in [9.17, 15) is 9.59 Å². The van der Waals surface area contributed by atoms with E-state index in [0.29, 0.717) is 12.8 Å². The van der Waals surface area contributed by atoms with Gasteiger partial charge in [-0.05, 0) is 12.8 Å². The quantitative estimate of drug-likeness (QED) is 0.133. The molecular weight excluding hydrogens is 659 g/mol. The maximum Gasteiger partial charge on any atom is 3.00 e. The summed E-state index contributed by atoms with van der Waals surface area (Å²) >= 11 is 0. The summed E-state index contributed by atoms with van der Waals surface area (Å²) in [7, 11) is 0. The molecule has 0 saturated heterocycles. The average molecular weight is 718 g/mol. The van der Waals surface area contributed by atoms with Gasteiger partial charge in [0.25, 0.3) is 0 Å². The van der Waals surface area contributed by atoms with Crippen LogP contribution in [0, 0.1) is 0 Å². The van der Waals surface area contributed by atoms with Gasteiger partial charge < -0.3 is 63.9 Å². The minimum absolute atomic E-state index is 0. The van der Waals surface area contributed by atoms with Crippen molar-refractivity contribution < 1.29 is 108 Å². The standard InChI is InChI=1S/2C14H28O2.3ClH.2Cr.3H2O/c2*1-2-3-4-5-6-7-8-9-10-11-12-13-14(15)16;;;;;;;;/h2*2-13H2,1H3,(H,15,16);3*1H;;;3*1H2/q;;;;;2*+3;;;/p-6. The van der Waals surface area contributed by atoms with Crippen molar-refractivity contribution in [2.45, 2.75) is 168 Å². The molecule has 0 atom stereocenters. The van der Waals surface area contributed by atoms with Crippen LogP contribution in [0.4, 0.5) is 0 Å². The number of rotatable bonds is 24. The SMILES string of the molecule is CCCCCCCCCCCCCC(=O)O.CCCCCCCCCCCCCC(=O)O.[Cl-].[Cl-].[Cl-].[Cr+3].[Cr+3].[OH-].[OH-].[OH-]. The summed E-state index contributed by atoms with van der Waals surface area (Å²) in [6, 6.07) is 0. The molecule has 5 N–H and O–H groups in total. The maximum absolute atomic E-state index is 10.3. The van der Waals surface area contributed by atoms with Crippen molar-refractivity contribution in [3.8, 4) is 0 Å². The van der Waals surface area contributed by atoms with Gasteiger partial charge in [-0.15, -0.1) is 0 Å². The van der Waals surface area contributed by atoms with Crippen LogP contribution in [0.1, 0.15) is 168 Å². The summed E-state index contributed by atoms with van der Waals surface area (Å²) < 4.78 is 0. The Balaban J connectivity index is -0.0000000469. The van der Waals surface area contributed by atoms with Crippen LogP contribution in [-0.2, 0) is 44.3 Å². The zero-order chi connectivity index (χ0) is 24.1. The molecule has 0 fully saturated rings. The number of carboxylic acids is 2. The van der Waals surface area contributed by atoms with Crippen LogP contribution in [0.3, 0.4) is 0 Å². The number of hydrogen-bond acceptors (Lipinski definition) is 5. The number of carbonyl (C=O) groups is 2. The van der Waals surface area contributed by atoms with E-state index in [1.165, 1.54) is 116 Å². The van der Waals surface area contributed by atoms with Crippen LogP contribution >= 0.6 is 0 Å². The fourth-order valence-corrected chi connectivity index (χ4v) is 3.88. The molecule has 12 heteroatoms. The molecule has 7 nitrogen and oxygen atoms in total. The molecule has 2 radical (unpaired) electrons. The number of carboxylic acid groups (broad SMARTS) is 2. The van der Waals surface area contributed by atoms with E-state index in [4.69, 9.17) is 10.2 Å². The van der Waals surface area contributed by atoms with Crippen molar-refractivity contribution >= 4 is 11.9 Å². The molecule has 0 unspecified atom stereocenters. The maximum atomic E-state index is 10.3. The Morgan fingerprint density at radius 2 is 0.525 bits per heavy atom. The van der Waals surface area contributed by atoms with Gasteiger partial charge in [-0.3, -0.25) is 9.59 Å². The molecule has 0 aliphatic rings. The fraction of sp³-hybridized carbons (Fsp3) is 0.929. The van der Waals surface area contributed by atoms with E-state index in [1.54, 1.807) is 0 Å².